The van der Waals surface area contributed by atoms with Crippen molar-refractivity contribution in [3.63, 3.8) is 0 Å². The van der Waals surface area contributed by atoms with Crippen molar-refractivity contribution in [2.24, 2.45) is 0 Å². The van der Waals surface area contributed by atoms with Gasteiger partial charge in [0.05, 0.1) is 16.6 Å². The third-order valence-electron chi connectivity index (χ3n) is 4.99. The summed E-state index contributed by atoms with van der Waals surface area (Å²) in [4.78, 5) is 29.7. The summed E-state index contributed by atoms with van der Waals surface area (Å²) < 4.78 is 5.69. The van der Waals surface area contributed by atoms with Gasteiger partial charge < -0.3 is 14.2 Å². The lowest BCUT2D eigenvalue weighted by atomic mass is 10.1. The fourth-order valence-corrected chi connectivity index (χ4v) is 3.69. The highest BCUT2D eigenvalue weighted by molar-refractivity contribution is 6.42. The van der Waals surface area contributed by atoms with Crippen LogP contribution in [-0.2, 0) is 17.9 Å². The van der Waals surface area contributed by atoms with Crippen molar-refractivity contribution in [1.29, 1.82) is 0 Å². The van der Waals surface area contributed by atoms with Crippen LogP contribution in [0.25, 0.3) is 0 Å². The van der Waals surface area contributed by atoms with Gasteiger partial charge in [0.1, 0.15) is 18.1 Å². The Balaban J connectivity index is 1.80. The first-order valence-electron chi connectivity index (χ1n) is 10.5. The van der Waals surface area contributed by atoms with Crippen LogP contribution >= 0.6 is 23.2 Å². The zero-order chi connectivity index (χ0) is 23.1. The Morgan fingerprint density at radius 1 is 0.906 bits per heavy atom. The summed E-state index contributed by atoms with van der Waals surface area (Å²) in [5, 5.41) is 0.684. The molecule has 0 bridgehead atoms. The summed E-state index contributed by atoms with van der Waals surface area (Å²) in [6.45, 7) is 4.98. The number of carbonyl (C=O) groups excluding carboxylic acids is 2. The number of amides is 2. The molecule has 32 heavy (non-hydrogen) atoms. The maximum Gasteiger partial charge on any atom is 0.254 e. The average Bonchev–Trinajstić information content (AvgIpc) is 3.19. The SMILES string of the molecule is CCCN(CC(=O)N(Cc1ccccc1)Cc1ccc(C)o1)C(=O)c1ccc(Cl)c(Cl)c1. The Kier molecular flexibility index (Phi) is 8.37. The van der Waals surface area contributed by atoms with Crippen molar-refractivity contribution in [3.8, 4) is 0 Å². The number of carbonyl (C=O) groups is 2. The summed E-state index contributed by atoms with van der Waals surface area (Å²) in [5.41, 5.74) is 1.40. The summed E-state index contributed by atoms with van der Waals surface area (Å²) in [6, 6.07) is 18.2. The molecule has 0 atom stereocenters. The fraction of sp³-hybridized carbons (Fsp3) is 0.280. The van der Waals surface area contributed by atoms with Crippen LogP contribution in [0, 0.1) is 6.92 Å². The van der Waals surface area contributed by atoms with E-state index in [2.05, 4.69) is 0 Å². The van der Waals surface area contributed by atoms with Gasteiger partial charge in [-0.2, -0.15) is 0 Å². The molecule has 0 saturated carbocycles. The van der Waals surface area contributed by atoms with Crippen molar-refractivity contribution < 1.29 is 14.0 Å². The number of rotatable bonds is 9. The third-order valence-corrected chi connectivity index (χ3v) is 5.72. The zero-order valence-electron chi connectivity index (χ0n) is 18.2. The topological polar surface area (TPSA) is 53.8 Å². The van der Waals surface area contributed by atoms with E-state index >= 15 is 0 Å². The number of furan rings is 1. The second-order valence-electron chi connectivity index (χ2n) is 7.60. The minimum absolute atomic E-state index is 0.0422. The van der Waals surface area contributed by atoms with Gasteiger partial charge in [0.15, 0.2) is 0 Å². The van der Waals surface area contributed by atoms with Crippen LogP contribution in [0.1, 0.15) is 40.8 Å². The number of nitrogens with zero attached hydrogens (tertiary/aromatic N) is 2. The molecule has 0 radical (unpaired) electrons. The Morgan fingerprint density at radius 2 is 1.66 bits per heavy atom. The van der Waals surface area contributed by atoms with Gasteiger partial charge in [-0.3, -0.25) is 9.59 Å². The van der Waals surface area contributed by atoms with E-state index in [0.717, 1.165) is 17.7 Å². The van der Waals surface area contributed by atoms with E-state index in [1.807, 2.05) is 56.3 Å². The molecule has 0 unspecified atom stereocenters. The van der Waals surface area contributed by atoms with E-state index in [9.17, 15) is 9.59 Å². The number of halogens is 2. The zero-order valence-corrected chi connectivity index (χ0v) is 19.7. The van der Waals surface area contributed by atoms with Crippen molar-refractivity contribution >= 4 is 35.0 Å². The second kappa shape index (κ2) is 11.2. The van der Waals surface area contributed by atoms with Crippen molar-refractivity contribution in [3.05, 3.63) is 93.4 Å². The molecular formula is C25H26Cl2N2O3. The smallest absolute Gasteiger partial charge is 0.254 e. The van der Waals surface area contributed by atoms with Crippen LogP contribution in [0.4, 0.5) is 0 Å². The Hall–Kier alpha value is -2.76. The molecule has 0 saturated heterocycles. The van der Waals surface area contributed by atoms with Crippen LogP contribution in [0.5, 0.6) is 0 Å². The number of hydrogen-bond donors (Lipinski definition) is 0. The van der Waals surface area contributed by atoms with Crippen LogP contribution < -0.4 is 0 Å². The van der Waals surface area contributed by atoms with E-state index in [1.165, 1.54) is 6.07 Å². The summed E-state index contributed by atoms with van der Waals surface area (Å²) in [6.07, 6.45) is 0.719. The van der Waals surface area contributed by atoms with Gasteiger partial charge in [-0.05, 0) is 49.2 Å². The van der Waals surface area contributed by atoms with Gasteiger partial charge >= 0.3 is 0 Å². The van der Waals surface area contributed by atoms with Gasteiger partial charge in [-0.1, -0.05) is 60.5 Å². The maximum absolute atomic E-state index is 13.3. The first kappa shape index (κ1) is 23.9. The molecule has 0 fully saturated rings. The van der Waals surface area contributed by atoms with Crippen LogP contribution in [0.3, 0.4) is 0 Å². The number of hydrogen-bond acceptors (Lipinski definition) is 3. The lowest BCUT2D eigenvalue weighted by Gasteiger charge is -2.27. The fourth-order valence-electron chi connectivity index (χ4n) is 3.39. The summed E-state index contributed by atoms with van der Waals surface area (Å²) in [5.74, 6) is 1.07. The van der Waals surface area contributed by atoms with Crippen LogP contribution in [0.15, 0.2) is 65.1 Å². The first-order valence-corrected chi connectivity index (χ1v) is 11.2. The molecular weight excluding hydrogens is 447 g/mol. The molecule has 1 heterocycles. The normalized spacial score (nSPS) is 10.8. The number of benzene rings is 2. The highest BCUT2D eigenvalue weighted by Gasteiger charge is 2.23. The Bertz CT molecular complexity index is 1070. The van der Waals surface area contributed by atoms with Gasteiger partial charge in [0, 0.05) is 18.7 Å². The van der Waals surface area contributed by atoms with Crippen molar-refractivity contribution in [1.82, 2.24) is 9.80 Å². The van der Waals surface area contributed by atoms with Crippen LogP contribution in [0.2, 0.25) is 10.0 Å². The number of aryl methyl sites for hydroxylation is 1. The molecule has 0 spiro atoms. The predicted molar refractivity (Wildman–Crippen MR) is 127 cm³/mol. The lowest BCUT2D eigenvalue weighted by Crippen LogP contribution is -2.42. The largest absolute Gasteiger partial charge is 0.464 e. The molecule has 7 heteroatoms. The molecule has 3 aromatic rings. The van der Waals surface area contributed by atoms with Gasteiger partial charge in [0.25, 0.3) is 5.91 Å². The van der Waals surface area contributed by atoms with Gasteiger partial charge in [-0.15, -0.1) is 0 Å². The van der Waals surface area contributed by atoms with Crippen molar-refractivity contribution in [2.75, 3.05) is 13.1 Å². The third kappa shape index (κ3) is 6.38. The Labute approximate surface area is 198 Å². The molecule has 0 aliphatic carbocycles. The standard InChI is InChI=1S/C25H26Cl2N2O3/c1-3-13-28(25(31)20-10-12-22(26)23(27)14-20)17-24(30)29(15-19-7-5-4-6-8-19)16-21-11-9-18(2)32-21/h4-12,14H,3,13,15-17H2,1-2H3. The molecule has 0 N–H and O–H groups in total. The molecule has 3 rings (SSSR count). The quantitative estimate of drug-likeness (QED) is 0.385. The van der Waals surface area contributed by atoms with E-state index in [-0.39, 0.29) is 18.4 Å². The molecule has 0 aliphatic heterocycles. The molecule has 5 nitrogen and oxygen atoms in total. The molecule has 2 aromatic carbocycles. The molecule has 2 amide bonds. The minimum Gasteiger partial charge on any atom is -0.464 e. The predicted octanol–water partition coefficient (Wildman–Crippen LogP) is 5.98. The highest BCUT2D eigenvalue weighted by atomic mass is 35.5. The van der Waals surface area contributed by atoms with E-state index in [4.69, 9.17) is 27.6 Å². The minimum atomic E-state index is -0.257. The van der Waals surface area contributed by atoms with Gasteiger partial charge in [-0.25, -0.2) is 0 Å². The summed E-state index contributed by atoms with van der Waals surface area (Å²) in [7, 11) is 0. The molecule has 0 aliphatic rings. The first-order chi connectivity index (χ1) is 15.4. The molecule has 1 aromatic heterocycles. The average molecular weight is 473 g/mol. The maximum atomic E-state index is 13.3. The van der Waals surface area contributed by atoms with E-state index in [1.54, 1.807) is 21.9 Å². The van der Waals surface area contributed by atoms with E-state index < -0.39 is 0 Å². The van der Waals surface area contributed by atoms with E-state index in [0.29, 0.717) is 41.0 Å². The molecule has 168 valence electrons. The van der Waals surface area contributed by atoms with Gasteiger partial charge in [0.2, 0.25) is 5.91 Å². The van der Waals surface area contributed by atoms with Crippen LogP contribution in [-0.4, -0.2) is 34.7 Å². The highest BCUT2D eigenvalue weighted by Crippen LogP contribution is 2.23. The Morgan fingerprint density at radius 3 is 2.28 bits per heavy atom. The van der Waals surface area contributed by atoms with Crippen molar-refractivity contribution in [2.45, 2.75) is 33.4 Å². The monoisotopic (exact) mass is 472 g/mol. The second-order valence-corrected chi connectivity index (χ2v) is 8.42. The lowest BCUT2D eigenvalue weighted by molar-refractivity contribution is -0.133. The summed E-state index contributed by atoms with van der Waals surface area (Å²) >= 11 is 12.1.